The Morgan fingerprint density at radius 3 is 2.80 bits per heavy atom. The van der Waals surface area contributed by atoms with Crippen LogP contribution in [0.5, 0.6) is 0 Å². The van der Waals surface area contributed by atoms with Crippen molar-refractivity contribution in [2.75, 3.05) is 0 Å². The maximum Gasteiger partial charge on any atom is 0.147 e. The Morgan fingerprint density at radius 1 is 1.20 bits per heavy atom. The summed E-state index contributed by atoms with van der Waals surface area (Å²) in [5.74, 6) is -0.258. The van der Waals surface area contributed by atoms with Crippen LogP contribution in [-0.2, 0) is 6.42 Å². The van der Waals surface area contributed by atoms with Gasteiger partial charge in [-0.1, -0.05) is 24.3 Å². The second-order valence-electron chi connectivity index (χ2n) is 5.03. The van der Waals surface area contributed by atoms with Crippen LogP contribution in [0.3, 0.4) is 0 Å². The lowest BCUT2D eigenvalue weighted by Gasteiger charge is -2.14. The minimum Gasteiger partial charge on any atom is -0.328 e. The number of hydrogen-bond acceptors (Lipinski definition) is 2. The lowest BCUT2D eigenvalue weighted by atomic mass is 10.0. The van der Waals surface area contributed by atoms with Crippen LogP contribution in [0.1, 0.15) is 12.5 Å². The molecule has 0 saturated heterocycles. The first kappa shape index (κ1) is 12.8. The lowest BCUT2D eigenvalue weighted by molar-refractivity contribution is 0.613. The molecule has 0 spiro atoms. The monoisotopic (exact) mass is 269 g/mol. The second-order valence-corrected chi connectivity index (χ2v) is 5.03. The standard InChI is InChI=1S/C16H16FN3/c1-11(18)9-12-5-4-6-13(17)16(12)20-10-19-14-7-2-3-8-15(14)20/h2-8,10-11H,9,18H2,1H3. The molecule has 1 aromatic heterocycles. The van der Waals surface area contributed by atoms with E-state index in [9.17, 15) is 4.39 Å². The van der Waals surface area contributed by atoms with Gasteiger partial charge in [0.2, 0.25) is 0 Å². The third-order valence-electron chi connectivity index (χ3n) is 3.31. The Hall–Kier alpha value is -2.20. The van der Waals surface area contributed by atoms with Crippen LogP contribution in [0.25, 0.3) is 16.7 Å². The molecule has 0 radical (unpaired) electrons. The molecule has 3 rings (SSSR count). The molecule has 2 aromatic carbocycles. The van der Waals surface area contributed by atoms with Crippen molar-refractivity contribution in [3.05, 3.63) is 60.2 Å². The summed E-state index contributed by atoms with van der Waals surface area (Å²) in [6, 6.07) is 12.8. The molecule has 0 saturated carbocycles. The van der Waals surface area contributed by atoms with Gasteiger partial charge in [-0.3, -0.25) is 4.57 Å². The van der Waals surface area contributed by atoms with E-state index in [-0.39, 0.29) is 11.9 Å². The van der Waals surface area contributed by atoms with E-state index in [1.54, 1.807) is 17.0 Å². The molecule has 1 heterocycles. The zero-order chi connectivity index (χ0) is 14.1. The average Bonchev–Trinajstić information content (AvgIpc) is 2.82. The predicted molar refractivity (Wildman–Crippen MR) is 78.4 cm³/mol. The van der Waals surface area contributed by atoms with Gasteiger partial charge in [0.1, 0.15) is 12.1 Å². The molecule has 0 aliphatic heterocycles. The third-order valence-corrected chi connectivity index (χ3v) is 3.31. The van der Waals surface area contributed by atoms with E-state index < -0.39 is 0 Å². The van der Waals surface area contributed by atoms with Crippen LogP contribution < -0.4 is 5.73 Å². The maximum absolute atomic E-state index is 14.3. The van der Waals surface area contributed by atoms with Crippen molar-refractivity contribution in [3.63, 3.8) is 0 Å². The van der Waals surface area contributed by atoms with Crippen molar-refractivity contribution in [3.8, 4) is 5.69 Å². The highest BCUT2D eigenvalue weighted by molar-refractivity contribution is 5.77. The summed E-state index contributed by atoms with van der Waals surface area (Å²) in [4.78, 5) is 4.32. The zero-order valence-electron chi connectivity index (χ0n) is 11.3. The molecular formula is C16H16FN3. The lowest BCUT2D eigenvalue weighted by Crippen LogP contribution is -2.19. The first-order valence-corrected chi connectivity index (χ1v) is 6.62. The molecule has 4 heteroatoms. The van der Waals surface area contributed by atoms with E-state index in [0.29, 0.717) is 12.1 Å². The van der Waals surface area contributed by atoms with E-state index in [0.717, 1.165) is 16.6 Å². The van der Waals surface area contributed by atoms with Crippen LogP contribution in [-0.4, -0.2) is 15.6 Å². The minimum absolute atomic E-state index is 0.0228. The van der Waals surface area contributed by atoms with E-state index in [1.807, 2.05) is 37.3 Å². The Balaban J connectivity index is 2.23. The summed E-state index contributed by atoms with van der Waals surface area (Å²) in [6.45, 7) is 1.92. The number of rotatable bonds is 3. The van der Waals surface area contributed by atoms with Crippen LogP contribution in [0, 0.1) is 5.82 Å². The maximum atomic E-state index is 14.3. The molecule has 2 N–H and O–H groups in total. The van der Waals surface area contributed by atoms with Gasteiger partial charge in [0.05, 0.1) is 16.7 Å². The van der Waals surface area contributed by atoms with Crippen molar-refractivity contribution in [2.24, 2.45) is 5.73 Å². The Labute approximate surface area is 116 Å². The largest absolute Gasteiger partial charge is 0.328 e. The second kappa shape index (κ2) is 5.06. The van der Waals surface area contributed by atoms with Gasteiger partial charge >= 0.3 is 0 Å². The van der Waals surface area contributed by atoms with Crippen LogP contribution in [0.15, 0.2) is 48.8 Å². The topological polar surface area (TPSA) is 43.8 Å². The fourth-order valence-corrected chi connectivity index (χ4v) is 2.48. The third kappa shape index (κ3) is 2.18. The molecule has 1 atom stereocenters. The molecule has 3 nitrogen and oxygen atoms in total. The van der Waals surface area contributed by atoms with E-state index >= 15 is 0 Å². The molecule has 0 fully saturated rings. The quantitative estimate of drug-likeness (QED) is 0.794. The number of aromatic nitrogens is 2. The summed E-state index contributed by atoms with van der Waals surface area (Å²) in [6.07, 6.45) is 2.29. The summed E-state index contributed by atoms with van der Waals surface area (Å²) >= 11 is 0. The first-order chi connectivity index (χ1) is 9.66. The van der Waals surface area contributed by atoms with Gasteiger partial charge in [0.15, 0.2) is 0 Å². The van der Waals surface area contributed by atoms with Crippen LogP contribution in [0.2, 0.25) is 0 Å². The fraction of sp³-hybridized carbons (Fsp3) is 0.188. The molecule has 0 aliphatic rings. The van der Waals surface area contributed by atoms with Gasteiger partial charge < -0.3 is 5.73 Å². The number of nitrogens with two attached hydrogens (primary N) is 1. The number of fused-ring (bicyclic) bond motifs is 1. The number of hydrogen-bond donors (Lipinski definition) is 1. The first-order valence-electron chi connectivity index (χ1n) is 6.62. The molecule has 0 bridgehead atoms. The molecule has 1 unspecified atom stereocenters. The van der Waals surface area contributed by atoms with Crippen molar-refractivity contribution in [1.29, 1.82) is 0 Å². The van der Waals surface area contributed by atoms with Gasteiger partial charge in [-0.25, -0.2) is 9.37 Å². The summed E-state index contributed by atoms with van der Waals surface area (Å²) in [7, 11) is 0. The van der Waals surface area contributed by atoms with E-state index in [4.69, 9.17) is 5.73 Å². The number of imidazole rings is 1. The SMILES string of the molecule is CC(N)Cc1cccc(F)c1-n1cnc2ccccc21. The Kier molecular flexibility index (Phi) is 3.24. The van der Waals surface area contributed by atoms with Crippen molar-refractivity contribution in [1.82, 2.24) is 9.55 Å². The molecule has 3 aromatic rings. The van der Waals surface area contributed by atoms with E-state index in [1.165, 1.54) is 6.07 Å². The van der Waals surface area contributed by atoms with Crippen LogP contribution in [0.4, 0.5) is 4.39 Å². The molecular weight excluding hydrogens is 253 g/mol. The van der Waals surface area contributed by atoms with Crippen molar-refractivity contribution >= 4 is 11.0 Å². The highest BCUT2D eigenvalue weighted by Crippen LogP contribution is 2.24. The molecule has 20 heavy (non-hydrogen) atoms. The minimum atomic E-state index is -0.258. The molecule has 0 amide bonds. The molecule has 0 aliphatic carbocycles. The zero-order valence-corrected chi connectivity index (χ0v) is 11.3. The molecule has 102 valence electrons. The van der Waals surface area contributed by atoms with Gasteiger partial charge in [-0.2, -0.15) is 0 Å². The Morgan fingerprint density at radius 2 is 2.00 bits per heavy atom. The number of para-hydroxylation sites is 3. The fourth-order valence-electron chi connectivity index (χ4n) is 2.48. The number of nitrogens with zero attached hydrogens (tertiary/aromatic N) is 2. The average molecular weight is 269 g/mol. The van der Waals surface area contributed by atoms with Crippen LogP contribution >= 0.6 is 0 Å². The van der Waals surface area contributed by atoms with E-state index in [2.05, 4.69) is 4.98 Å². The van der Waals surface area contributed by atoms with Crippen molar-refractivity contribution < 1.29 is 4.39 Å². The Bertz CT molecular complexity index is 746. The van der Waals surface area contributed by atoms with Gasteiger partial charge in [0.25, 0.3) is 0 Å². The van der Waals surface area contributed by atoms with Gasteiger partial charge in [-0.15, -0.1) is 0 Å². The van der Waals surface area contributed by atoms with Gasteiger partial charge in [0, 0.05) is 6.04 Å². The summed E-state index contributed by atoms with van der Waals surface area (Å²) in [5, 5.41) is 0. The highest BCUT2D eigenvalue weighted by atomic mass is 19.1. The predicted octanol–water partition coefficient (Wildman–Crippen LogP) is 3.05. The van der Waals surface area contributed by atoms with Gasteiger partial charge in [-0.05, 0) is 37.1 Å². The summed E-state index contributed by atoms with van der Waals surface area (Å²) < 4.78 is 16.1. The smallest absolute Gasteiger partial charge is 0.147 e. The normalized spacial score (nSPS) is 12.8. The summed E-state index contributed by atoms with van der Waals surface area (Å²) in [5.41, 5.74) is 9.04. The number of benzene rings is 2. The number of halogens is 1. The van der Waals surface area contributed by atoms with Crippen molar-refractivity contribution in [2.45, 2.75) is 19.4 Å². The highest BCUT2D eigenvalue weighted by Gasteiger charge is 2.14.